The lowest BCUT2D eigenvalue weighted by atomic mass is 10.2. The summed E-state index contributed by atoms with van der Waals surface area (Å²) in [6, 6.07) is 11.6. The molecule has 2 aromatic carbocycles. The highest BCUT2D eigenvalue weighted by molar-refractivity contribution is 6.39. The number of anilines is 2. The summed E-state index contributed by atoms with van der Waals surface area (Å²) in [5.41, 5.74) is 1.21. The molecule has 2 aromatic rings. The molecule has 2 N–H and O–H groups in total. The van der Waals surface area contributed by atoms with Gasteiger partial charge in [0.25, 0.3) is 0 Å². The Balaban J connectivity index is 1.86. The van der Waals surface area contributed by atoms with Crippen molar-refractivity contribution in [3.05, 3.63) is 57.0 Å². The Kier molecular flexibility index (Phi) is 8.74. The van der Waals surface area contributed by atoms with Crippen molar-refractivity contribution in [2.45, 2.75) is 13.3 Å². The summed E-state index contributed by atoms with van der Waals surface area (Å²) in [5, 5.41) is 15.3. The molecule has 0 aliphatic carbocycles. The second-order valence-corrected chi connectivity index (χ2v) is 7.34. The van der Waals surface area contributed by atoms with Gasteiger partial charge in [-0.05, 0) is 36.9 Å². The average Bonchev–Trinajstić information content (AvgIpc) is 2.68. The van der Waals surface area contributed by atoms with Crippen molar-refractivity contribution in [3.8, 4) is 6.07 Å². The predicted octanol–water partition coefficient (Wildman–Crippen LogP) is 4.81. The van der Waals surface area contributed by atoms with Gasteiger partial charge in [0.05, 0.1) is 32.9 Å². The molecule has 0 unspecified atom stereocenters. The molecule has 0 spiro atoms. The first-order valence-electron chi connectivity index (χ1n) is 8.79. The number of nitrogens with one attached hydrogen (secondary N) is 2. The lowest BCUT2D eigenvalue weighted by Gasteiger charge is -2.20. The van der Waals surface area contributed by atoms with Crippen LogP contribution in [0, 0.1) is 11.3 Å². The number of nitriles is 1. The summed E-state index contributed by atoms with van der Waals surface area (Å²) < 4.78 is 0. The van der Waals surface area contributed by atoms with Crippen LogP contribution < -0.4 is 10.6 Å². The standard InChI is InChI=1S/C20H19Cl3N4O2/c1-2-27(12-19(29)26-20-15(21)4-3-5-16(20)22)9-8-18(28)25-14-7-6-13(11-24)17(23)10-14/h3-7,10H,2,8-9,12H2,1H3,(H,25,28)(H,26,29). The molecule has 2 rings (SSSR count). The molecule has 29 heavy (non-hydrogen) atoms. The highest BCUT2D eigenvalue weighted by atomic mass is 35.5. The van der Waals surface area contributed by atoms with Crippen LogP contribution in [0.5, 0.6) is 0 Å². The topological polar surface area (TPSA) is 85.2 Å². The molecule has 0 radical (unpaired) electrons. The molecule has 0 aromatic heterocycles. The minimum absolute atomic E-state index is 0.0913. The number of carbonyl (C=O) groups excluding carboxylic acids is 2. The van der Waals surface area contributed by atoms with Gasteiger partial charge in [0.1, 0.15) is 6.07 Å². The maximum absolute atomic E-state index is 12.3. The number of benzene rings is 2. The van der Waals surface area contributed by atoms with Crippen LogP contribution in [0.2, 0.25) is 15.1 Å². The first kappa shape index (κ1) is 23.0. The molecule has 0 saturated carbocycles. The fourth-order valence-electron chi connectivity index (χ4n) is 2.51. The van der Waals surface area contributed by atoms with Crippen LogP contribution in [-0.2, 0) is 9.59 Å². The van der Waals surface area contributed by atoms with Gasteiger partial charge in [-0.3, -0.25) is 14.5 Å². The third kappa shape index (κ3) is 6.91. The number of nitrogens with zero attached hydrogens (tertiary/aromatic N) is 2. The molecule has 152 valence electrons. The monoisotopic (exact) mass is 452 g/mol. The molecule has 0 fully saturated rings. The van der Waals surface area contributed by atoms with Crippen molar-refractivity contribution in [2.24, 2.45) is 0 Å². The van der Waals surface area contributed by atoms with Crippen molar-refractivity contribution in [2.75, 3.05) is 30.3 Å². The van der Waals surface area contributed by atoms with Crippen LogP contribution in [0.25, 0.3) is 0 Å². The smallest absolute Gasteiger partial charge is 0.238 e. The van der Waals surface area contributed by atoms with E-state index in [4.69, 9.17) is 40.1 Å². The fourth-order valence-corrected chi connectivity index (χ4v) is 3.23. The Hall–Kier alpha value is -2.30. The third-order valence-corrected chi connectivity index (χ3v) is 5.01. The minimum Gasteiger partial charge on any atom is -0.326 e. The second kappa shape index (κ2) is 11.0. The number of rotatable bonds is 8. The number of para-hydroxylation sites is 1. The SMILES string of the molecule is CCN(CCC(=O)Nc1ccc(C#N)c(Cl)c1)CC(=O)Nc1c(Cl)cccc1Cl. The molecular formula is C20H19Cl3N4O2. The molecule has 0 saturated heterocycles. The number of hydrogen-bond donors (Lipinski definition) is 2. The number of hydrogen-bond acceptors (Lipinski definition) is 4. The summed E-state index contributed by atoms with van der Waals surface area (Å²) >= 11 is 18.1. The zero-order valence-corrected chi connectivity index (χ0v) is 17.9. The van der Waals surface area contributed by atoms with Gasteiger partial charge in [-0.1, -0.05) is 47.8 Å². The number of halogens is 3. The fraction of sp³-hybridized carbons (Fsp3) is 0.250. The van der Waals surface area contributed by atoms with Crippen molar-refractivity contribution in [1.82, 2.24) is 4.90 Å². The Morgan fingerprint density at radius 1 is 1.03 bits per heavy atom. The second-order valence-electron chi connectivity index (χ2n) is 6.12. The van der Waals surface area contributed by atoms with E-state index in [1.54, 1.807) is 30.3 Å². The summed E-state index contributed by atoms with van der Waals surface area (Å²) in [4.78, 5) is 26.3. The zero-order chi connectivity index (χ0) is 21.4. The van der Waals surface area contributed by atoms with Gasteiger partial charge in [0, 0.05) is 18.7 Å². The average molecular weight is 454 g/mol. The van der Waals surface area contributed by atoms with Crippen LogP contribution >= 0.6 is 34.8 Å². The van der Waals surface area contributed by atoms with Crippen molar-refractivity contribution in [1.29, 1.82) is 5.26 Å². The van der Waals surface area contributed by atoms with Crippen LogP contribution in [-0.4, -0.2) is 36.3 Å². The minimum atomic E-state index is -0.277. The Bertz CT molecular complexity index is 924. The van der Waals surface area contributed by atoms with Crippen molar-refractivity contribution >= 4 is 58.0 Å². The molecule has 9 heteroatoms. The van der Waals surface area contributed by atoms with E-state index >= 15 is 0 Å². The largest absolute Gasteiger partial charge is 0.326 e. The number of carbonyl (C=O) groups is 2. The van der Waals surface area contributed by atoms with Crippen molar-refractivity contribution < 1.29 is 9.59 Å². The molecule has 6 nitrogen and oxygen atoms in total. The summed E-state index contributed by atoms with van der Waals surface area (Å²) in [5.74, 6) is -0.500. The van der Waals surface area contributed by atoms with Crippen LogP contribution in [0.3, 0.4) is 0 Å². The molecule has 0 aliphatic heterocycles. The van der Waals surface area contributed by atoms with Gasteiger partial charge in [-0.15, -0.1) is 0 Å². The molecule has 0 bridgehead atoms. The van der Waals surface area contributed by atoms with E-state index in [1.807, 2.05) is 17.9 Å². The third-order valence-electron chi connectivity index (χ3n) is 4.07. The van der Waals surface area contributed by atoms with E-state index in [-0.39, 0.29) is 29.8 Å². The number of amides is 2. The predicted molar refractivity (Wildman–Crippen MR) is 117 cm³/mol. The molecule has 0 heterocycles. The maximum Gasteiger partial charge on any atom is 0.238 e. The molecule has 2 amide bonds. The van der Waals surface area contributed by atoms with Gasteiger partial charge in [-0.25, -0.2) is 0 Å². The Morgan fingerprint density at radius 3 is 2.31 bits per heavy atom. The summed E-state index contributed by atoms with van der Waals surface area (Å²) in [6.45, 7) is 2.96. The summed E-state index contributed by atoms with van der Waals surface area (Å²) in [7, 11) is 0. The van der Waals surface area contributed by atoms with Gasteiger partial charge >= 0.3 is 0 Å². The van der Waals surface area contributed by atoms with Gasteiger partial charge in [0.15, 0.2) is 0 Å². The van der Waals surface area contributed by atoms with Crippen LogP contribution in [0.15, 0.2) is 36.4 Å². The molecule has 0 atom stereocenters. The van der Waals surface area contributed by atoms with E-state index in [9.17, 15) is 9.59 Å². The zero-order valence-electron chi connectivity index (χ0n) is 15.6. The quantitative estimate of drug-likeness (QED) is 0.601. The van der Waals surface area contributed by atoms with E-state index in [1.165, 1.54) is 6.07 Å². The van der Waals surface area contributed by atoms with Crippen molar-refractivity contribution in [3.63, 3.8) is 0 Å². The van der Waals surface area contributed by atoms with E-state index < -0.39 is 0 Å². The lowest BCUT2D eigenvalue weighted by molar-refractivity contribution is -0.119. The Morgan fingerprint density at radius 2 is 1.72 bits per heavy atom. The summed E-state index contributed by atoms with van der Waals surface area (Å²) in [6.07, 6.45) is 0.186. The first-order chi connectivity index (χ1) is 13.8. The normalized spacial score (nSPS) is 10.5. The highest BCUT2D eigenvalue weighted by Gasteiger charge is 2.14. The van der Waals surface area contributed by atoms with E-state index in [0.717, 1.165) is 0 Å². The highest BCUT2D eigenvalue weighted by Crippen LogP contribution is 2.29. The first-order valence-corrected chi connectivity index (χ1v) is 9.93. The van der Waals surface area contributed by atoms with E-state index in [0.29, 0.717) is 40.1 Å². The Labute approximate surface area is 184 Å². The van der Waals surface area contributed by atoms with Gasteiger partial charge in [0.2, 0.25) is 11.8 Å². The van der Waals surface area contributed by atoms with Crippen LogP contribution in [0.1, 0.15) is 18.9 Å². The number of likely N-dealkylation sites (N-methyl/N-ethyl adjacent to an activating group) is 1. The van der Waals surface area contributed by atoms with E-state index in [2.05, 4.69) is 10.6 Å². The molecular weight excluding hydrogens is 435 g/mol. The van der Waals surface area contributed by atoms with Crippen LogP contribution in [0.4, 0.5) is 11.4 Å². The molecule has 0 aliphatic rings. The van der Waals surface area contributed by atoms with Gasteiger partial charge in [-0.2, -0.15) is 5.26 Å². The maximum atomic E-state index is 12.3. The van der Waals surface area contributed by atoms with Gasteiger partial charge < -0.3 is 10.6 Å². The lowest BCUT2D eigenvalue weighted by Crippen LogP contribution is -2.35.